The van der Waals surface area contributed by atoms with Crippen LogP contribution in [-0.4, -0.2) is 6.61 Å². The SMILES string of the molecule is CCOc1cccc(Nc2cccc3ccccc23)c1N. The Labute approximate surface area is 124 Å². The molecule has 3 aromatic rings. The highest BCUT2D eigenvalue weighted by Crippen LogP contribution is 2.33. The first kappa shape index (κ1) is 13.3. The highest BCUT2D eigenvalue weighted by Gasteiger charge is 2.07. The molecule has 0 unspecified atom stereocenters. The summed E-state index contributed by atoms with van der Waals surface area (Å²) in [4.78, 5) is 0. The van der Waals surface area contributed by atoms with Crippen LogP contribution < -0.4 is 15.8 Å². The fraction of sp³-hybridized carbons (Fsp3) is 0.111. The lowest BCUT2D eigenvalue weighted by atomic mass is 10.1. The van der Waals surface area contributed by atoms with Crippen molar-refractivity contribution in [3.05, 3.63) is 60.7 Å². The molecule has 21 heavy (non-hydrogen) atoms. The molecule has 0 aliphatic carbocycles. The minimum absolute atomic E-state index is 0.599. The van der Waals surface area contributed by atoms with Crippen LogP contribution in [0.15, 0.2) is 60.7 Å². The zero-order valence-corrected chi connectivity index (χ0v) is 12.0. The molecule has 0 atom stereocenters. The van der Waals surface area contributed by atoms with E-state index >= 15 is 0 Å². The molecule has 0 spiro atoms. The Morgan fingerprint density at radius 2 is 1.62 bits per heavy atom. The number of para-hydroxylation sites is 1. The van der Waals surface area contributed by atoms with Crippen molar-refractivity contribution in [1.29, 1.82) is 0 Å². The van der Waals surface area contributed by atoms with E-state index in [2.05, 4.69) is 29.6 Å². The van der Waals surface area contributed by atoms with Crippen LogP contribution in [0.25, 0.3) is 10.8 Å². The lowest BCUT2D eigenvalue weighted by molar-refractivity contribution is 0.342. The van der Waals surface area contributed by atoms with Crippen LogP contribution in [0.1, 0.15) is 6.92 Å². The number of nitrogens with two attached hydrogens (primary N) is 1. The smallest absolute Gasteiger partial charge is 0.144 e. The van der Waals surface area contributed by atoms with E-state index in [9.17, 15) is 0 Å². The van der Waals surface area contributed by atoms with Gasteiger partial charge in [-0.3, -0.25) is 0 Å². The van der Waals surface area contributed by atoms with E-state index in [1.54, 1.807) is 0 Å². The highest BCUT2D eigenvalue weighted by molar-refractivity contribution is 5.96. The Hall–Kier alpha value is -2.68. The van der Waals surface area contributed by atoms with Gasteiger partial charge in [-0.2, -0.15) is 0 Å². The number of nitrogens with one attached hydrogen (secondary N) is 1. The molecule has 0 bridgehead atoms. The summed E-state index contributed by atoms with van der Waals surface area (Å²) in [5, 5.41) is 5.77. The largest absolute Gasteiger partial charge is 0.492 e. The van der Waals surface area contributed by atoms with Gasteiger partial charge in [0, 0.05) is 11.1 Å². The Morgan fingerprint density at radius 3 is 2.48 bits per heavy atom. The topological polar surface area (TPSA) is 47.3 Å². The third-order valence-corrected chi connectivity index (χ3v) is 3.42. The molecule has 3 N–H and O–H groups in total. The van der Waals surface area contributed by atoms with Crippen LogP contribution in [-0.2, 0) is 0 Å². The van der Waals surface area contributed by atoms with Crippen LogP contribution in [0.5, 0.6) is 5.75 Å². The van der Waals surface area contributed by atoms with Crippen LogP contribution in [0.4, 0.5) is 17.1 Å². The van der Waals surface area contributed by atoms with Gasteiger partial charge in [0.2, 0.25) is 0 Å². The fourth-order valence-electron chi connectivity index (χ4n) is 2.41. The molecule has 0 aliphatic rings. The average molecular weight is 278 g/mol. The number of fused-ring (bicyclic) bond motifs is 1. The molecule has 0 saturated heterocycles. The molecule has 0 amide bonds. The van der Waals surface area contributed by atoms with E-state index in [-0.39, 0.29) is 0 Å². The minimum atomic E-state index is 0.599. The molecular formula is C18H18N2O. The third kappa shape index (κ3) is 2.63. The van der Waals surface area contributed by atoms with Crippen LogP contribution in [0.3, 0.4) is 0 Å². The standard InChI is InChI=1S/C18H18N2O/c1-2-21-17-12-6-11-16(18(17)19)20-15-10-5-8-13-7-3-4-9-14(13)15/h3-12,20H,2,19H2,1H3. The summed E-state index contributed by atoms with van der Waals surface area (Å²) in [7, 11) is 0. The van der Waals surface area contributed by atoms with Crippen molar-refractivity contribution in [2.75, 3.05) is 17.7 Å². The molecule has 0 saturated carbocycles. The van der Waals surface area contributed by atoms with Gasteiger partial charge in [0.05, 0.1) is 18.0 Å². The Bertz CT molecular complexity index is 763. The van der Waals surface area contributed by atoms with Crippen molar-refractivity contribution < 1.29 is 4.74 Å². The molecule has 3 aromatic carbocycles. The fourth-order valence-corrected chi connectivity index (χ4v) is 2.41. The second-order valence-electron chi connectivity index (χ2n) is 4.80. The minimum Gasteiger partial charge on any atom is -0.492 e. The normalized spacial score (nSPS) is 10.5. The van der Waals surface area contributed by atoms with Gasteiger partial charge in [-0.1, -0.05) is 42.5 Å². The molecule has 0 aromatic heterocycles. The first-order chi connectivity index (χ1) is 10.3. The molecule has 3 rings (SSSR count). The van der Waals surface area contributed by atoms with Crippen molar-refractivity contribution >= 4 is 27.8 Å². The quantitative estimate of drug-likeness (QED) is 0.687. The van der Waals surface area contributed by atoms with E-state index in [0.717, 1.165) is 11.4 Å². The summed E-state index contributed by atoms with van der Waals surface area (Å²) in [6.45, 7) is 2.55. The maximum Gasteiger partial charge on any atom is 0.144 e. The van der Waals surface area contributed by atoms with Crippen molar-refractivity contribution in [2.24, 2.45) is 0 Å². The van der Waals surface area contributed by atoms with Gasteiger partial charge in [-0.25, -0.2) is 0 Å². The van der Waals surface area contributed by atoms with Gasteiger partial charge in [0.1, 0.15) is 5.75 Å². The van der Waals surface area contributed by atoms with Crippen molar-refractivity contribution in [1.82, 2.24) is 0 Å². The second-order valence-corrected chi connectivity index (χ2v) is 4.80. The maximum absolute atomic E-state index is 6.17. The van der Waals surface area contributed by atoms with Gasteiger partial charge < -0.3 is 15.8 Å². The number of rotatable bonds is 4. The predicted octanol–water partition coefficient (Wildman–Crippen LogP) is 4.56. The zero-order chi connectivity index (χ0) is 14.7. The summed E-state index contributed by atoms with van der Waals surface area (Å²) >= 11 is 0. The highest BCUT2D eigenvalue weighted by atomic mass is 16.5. The molecule has 3 nitrogen and oxygen atoms in total. The van der Waals surface area contributed by atoms with Gasteiger partial charge >= 0.3 is 0 Å². The van der Waals surface area contributed by atoms with E-state index in [0.29, 0.717) is 18.0 Å². The van der Waals surface area contributed by atoms with Crippen LogP contribution in [0, 0.1) is 0 Å². The maximum atomic E-state index is 6.17. The molecule has 0 fully saturated rings. The van der Waals surface area contributed by atoms with E-state index < -0.39 is 0 Å². The predicted molar refractivity (Wildman–Crippen MR) is 89.3 cm³/mol. The molecular weight excluding hydrogens is 260 g/mol. The Kier molecular flexibility index (Phi) is 3.65. The first-order valence-electron chi connectivity index (χ1n) is 7.05. The summed E-state index contributed by atoms with van der Waals surface area (Å²) in [6, 6.07) is 20.2. The van der Waals surface area contributed by atoms with Crippen molar-refractivity contribution in [3.8, 4) is 5.75 Å². The summed E-state index contributed by atoms with van der Waals surface area (Å²) < 4.78 is 5.54. The number of benzene rings is 3. The van der Waals surface area contributed by atoms with Gasteiger partial charge in [0.15, 0.2) is 0 Å². The molecule has 106 valence electrons. The van der Waals surface area contributed by atoms with Crippen LogP contribution in [0.2, 0.25) is 0 Å². The molecule has 0 radical (unpaired) electrons. The Morgan fingerprint density at radius 1 is 0.905 bits per heavy atom. The van der Waals surface area contributed by atoms with Crippen molar-refractivity contribution in [2.45, 2.75) is 6.92 Å². The second kappa shape index (κ2) is 5.75. The molecule has 0 heterocycles. The Balaban J connectivity index is 2.01. The number of hydrogen-bond acceptors (Lipinski definition) is 3. The molecule has 0 aliphatic heterocycles. The number of anilines is 3. The average Bonchev–Trinajstić information content (AvgIpc) is 2.52. The van der Waals surface area contributed by atoms with E-state index in [1.807, 2.05) is 43.3 Å². The summed E-state index contributed by atoms with van der Waals surface area (Å²) in [5.41, 5.74) is 8.70. The first-order valence-corrected chi connectivity index (χ1v) is 7.05. The van der Waals surface area contributed by atoms with Gasteiger partial charge in [-0.05, 0) is 30.5 Å². The lowest BCUT2D eigenvalue weighted by Crippen LogP contribution is -2.01. The van der Waals surface area contributed by atoms with E-state index in [4.69, 9.17) is 10.5 Å². The van der Waals surface area contributed by atoms with Gasteiger partial charge in [-0.15, -0.1) is 0 Å². The van der Waals surface area contributed by atoms with Crippen molar-refractivity contribution in [3.63, 3.8) is 0 Å². The van der Waals surface area contributed by atoms with E-state index in [1.165, 1.54) is 10.8 Å². The number of nitrogen functional groups attached to an aromatic ring is 1. The summed E-state index contributed by atoms with van der Waals surface area (Å²) in [6.07, 6.45) is 0. The monoisotopic (exact) mass is 278 g/mol. The lowest BCUT2D eigenvalue weighted by Gasteiger charge is -2.14. The number of hydrogen-bond donors (Lipinski definition) is 2. The third-order valence-electron chi connectivity index (χ3n) is 3.42. The summed E-state index contributed by atoms with van der Waals surface area (Å²) in [5.74, 6) is 0.711. The molecule has 3 heteroatoms. The zero-order valence-electron chi connectivity index (χ0n) is 12.0. The van der Waals surface area contributed by atoms with Crippen LogP contribution >= 0.6 is 0 Å². The number of ether oxygens (including phenoxy) is 1. The van der Waals surface area contributed by atoms with Gasteiger partial charge in [0.25, 0.3) is 0 Å².